The summed E-state index contributed by atoms with van der Waals surface area (Å²) in [7, 11) is 1.63. The molecule has 3 aromatic heterocycles. The lowest BCUT2D eigenvalue weighted by Crippen LogP contribution is -2.37. The molecule has 0 atom stereocenters. The monoisotopic (exact) mass is 477 g/mol. The lowest BCUT2D eigenvalue weighted by atomic mass is 10.1. The summed E-state index contributed by atoms with van der Waals surface area (Å²) >= 11 is 1.39. The second-order valence-corrected chi connectivity index (χ2v) is 9.46. The van der Waals surface area contributed by atoms with Crippen LogP contribution < -0.4 is 10.3 Å². The fourth-order valence-electron chi connectivity index (χ4n) is 4.53. The number of benzene rings is 1. The van der Waals surface area contributed by atoms with E-state index >= 15 is 0 Å². The van der Waals surface area contributed by atoms with Crippen molar-refractivity contribution in [2.45, 2.75) is 39.5 Å². The highest BCUT2D eigenvalue weighted by atomic mass is 32.1. The summed E-state index contributed by atoms with van der Waals surface area (Å²) in [6.45, 7) is 5.36. The largest absolute Gasteiger partial charge is 0.497 e. The van der Waals surface area contributed by atoms with Crippen molar-refractivity contribution in [1.29, 1.82) is 0 Å². The first-order chi connectivity index (χ1) is 16.5. The second kappa shape index (κ2) is 9.06. The zero-order chi connectivity index (χ0) is 23.8. The molecule has 0 spiro atoms. The van der Waals surface area contributed by atoms with Gasteiger partial charge in [-0.25, -0.2) is 9.67 Å². The van der Waals surface area contributed by atoms with Crippen molar-refractivity contribution in [2.75, 3.05) is 20.2 Å². The first-order valence-electron chi connectivity index (χ1n) is 11.4. The summed E-state index contributed by atoms with van der Waals surface area (Å²) in [6.07, 6.45) is 3.44. The zero-order valence-electron chi connectivity index (χ0n) is 19.6. The normalized spacial score (nSPS) is 14.0. The van der Waals surface area contributed by atoms with Crippen molar-refractivity contribution in [3.63, 3.8) is 0 Å². The number of aryl methyl sites for hydroxylation is 2. The van der Waals surface area contributed by atoms with E-state index in [0.29, 0.717) is 27.6 Å². The molecule has 0 radical (unpaired) electrons. The molecule has 8 nitrogen and oxygen atoms in total. The fraction of sp³-hybridized carbons (Fsp3) is 0.360. The van der Waals surface area contributed by atoms with E-state index in [0.717, 1.165) is 43.1 Å². The number of nitrogens with zero attached hydrogens (tertiary/aromatic N) is 5. The summed E-state index contributed by atoms with van der Waals surface area (Å²) in [6, 6.07) is 9.51. The molecule has 1 amide bonds. The van der Waals surface area contributed by atoms with Crippen molar-refractivity contribution >= 4 is 22.2 Å². The standard InChI is InChI=1S/C25H27N5O3S/c1-16-12-21(27-30(16)18-8-7-9-20(13-18)33-3)23-17(2)26-25-29(24(23)32)19(15-34-25)14-22(31)28-10-5-4-6-11-28/h7-9,12-13,15H,4-6,10-11,14H2,1-3H3. The molecule has 0 bridgehead atoms. The van der Waals surface area contributed by atoms with Crippen molar-refractivity contribution in [3.05, 3.63) is 63.1 Å². The number of aromatic nitrogens is 4. The third-order valence-corrected chi connectivity index (χ3v) is 7.18. The number of hydrogen-bond acceptors (Lipinski definition) is 6. The van der Waals surface area contributed by atoms with E-state index in [4.69, 9.17) is 9.84 Å². The minimum atomic E-state index is -0.194. The number of likely N-dealkylation sites (tertiary alicyclic amines) is 1. The topological polar surface area (TPSA) is 81.7 Å². The second-order valence-electron chi connectivity index (χ2n) is 8.62. The van der Waals surface area contributed by atoms with Crippen LogP contribution in [0.2, 0.25) is 0 Å². The molecule has 0 aliphatic carbocycles. The van der Waals surface area contributed by atoms with Crippen LogP contribution in [0.15, 0.2) is 40.5 Å². The number of thiazole rings is 1. The first-order valence-corrected chi connectivity index (χ1v) is 12.3. The highest BCUT2D eigenvalue weighted by molar-refractivity contribution is 7.15. The van der Waals surface area contributed by atoms with Gasteiger partial charge in [-0.1, -0.05) is 6.07 Å². The van der Waals surface area contributed by atoms with Crippen LogP contribution in [-0.4, -0.2) is 50.2 Å². The minimum Gasteiger partial charge on any atom is -0.497 e. The van der Waals surface area contributed by atoms with Crippen LogP contribution in [0.25, 0.3) is 21.9 Å². The SMILES string of the molecule is COc1cccc(-n2nc(-c3c(C)nc4scc(CC(=O)N5CCCCC5)n4c3=O)cc2C)c1. The van der Waals surface area contributed by atoms with E-state index in [1.54, 1.807) is 16.2 Å². The maximum Gasteiger partial charge on any atom is 0.268 e. The maximum atomic E-state index is 13.7. The summed E-state index contributed by atoms with van der Waals surface area (Å²) in [4.78, 5) is 33.7. The van der Waals surface area contributed by atoms with Gasteiger partial charge in [0.25, 0.3) is 5.56 Å². The van der Waals surface area contributed by atoms with Gasteiger partial charge in [0.15, 0.2) is 4.96 Å². The van der Waals surface area contributed by atoms with E-state index in [1.165, 1.54) is 17.8 Å². The van der Waals surface area contributed by atoms with Crippen LogP contribution in [-0.2, 0) is 11.2 Å². The van der Waals surface area contributed by atoms with E-state index in [-0.39, 0.29) is 17.9 Å². The number of amides is 1. The molecule has 34 heavy (non-hydrogen) atoms. The predicted molar refractivity (Wildman–Crippen MR) is 132 cm³/mol. The lowest BCUT2D eigenvalue weighted by Gasteiger charge is -2.26. The van der Waals surface area contributed by atoms with Crippen molar-refractivity contribution < 1.29 is 9.53 Å². The van der Waals surface area contributed by atoms with Gasteiger partial charge in [-0.15, -0.1) is 11.3 Å². The number of carbonyl (C=O) groups is 1. The van der Waals surface area contributed by atoms with E-state index in [1.807, 2.05) is 54.5 Å². The molecule has 1 fully saturated rings. The number of piperidine rings is 1. The van der Waals surface area contributed by atoms with Gasteiger partial charge in [0.05, 0.1) is 30.5 Å². The van der Waals surface area contributed by atoms with Crippen LogP contribution in [0.1, 0.15) is 36.3 Å². The Labute approximate surface area is 201 Å². The Morgan fingerprint density at radius 1 is 1.15 bits per heavy atom. The number of ether oxygens (including phenoxy) is 1. The third kappa shape index (κ3) is 4.00. The van der Waals surface area contributed by atoms with E-state index in [9.17, 15) is 9.59 Å². The van der Waals surface area contributed by atoms with Gasteiger partial charge in [0, 0.05) is 35.9 Å². The summed E-state index contributed by atoms with van der Waals surface area (Å²) in [5, 5.41) is 6.61. The molecule has 1 aromatic carbocycles. The van der Waals surface area contributed by atoms with Crippen LogP contribution in [0, 0.1) is 13.8 Å². The van der Waals surface area contributed by atoms with Gasteiger partial charge in [0.2, 0.25) is 5.91 Å². The summed E-state index contributed by atoms with van der Waals surface area (Å²) in [5.41, 5.74) is 3.85. The fourth-order valence-corrected chi connectivity index (χ4v) is 5.46. The van der Waals surface area contributed by atoms with Gasteiger partial charge in [-0.2, -0.15) is 5.10 Å². The van der Waals surface area contributed by atoms with Crippen LogP contribution in [0.3, 0.4) is 0 Å². The molecule has 1 aliphatic rings. The van der Waals surface area contributed by atoms with Gasteiger partial charge >= 0.3 is 0 Å². The van der Waals surface area contributed by atoms with Gasteiger partial charge in [-0.05, 0) is 51.3 Å². The van der Waals surface area contributed by atoms with Crippen molar-refractivity contribution in [3.8, 4) is 22.7 Å². The third-order valence-electron chi connectivity index (χ3n) is 6.30. The van der Waals surface area contributed by atoms with E-state index in [2.05, 4.69) is 4.98 Å². The van der Waals surface area contributed by atoms with E-state index < -0.39 is 0 Å². The molecule has 1 saturated heterocycles. The van der Waals surface area contributed by atoms with Crippen molar-refractivity contribution in [2.24, 2.45) is 0 Å². The molecule has 0 N–H and O–H groups in total. The Hall–Kier alpha value is -3.46. The van der Waals surface area contributed by atoms with Gasteiger partial charge < -0.3 is 9.64 Å². The minimum absolute atomic E-state index is 0.0616. The van der Waals surface area contributed by atoms with Crippen LogP contribution in [0.4, 0.5) is 0 Å². The molecule has 0 unspecified atom stereocenters. The molecule has 9 heteroatoms. The smallest absolute Gasteiger partial charge is 0.268 e. The molecule has 1 aliphatic heterocycles. The Kier molecular flexibility index (Phi) is 5.95. The Morgan fingerprint density at radius 3 is 2.71 bits per heavy atom. The molecule has 5 rings (SSSR count). The molecule has 0 saturated carbocycles. The molecular weight excluding hydrogens is 450 g/mol. The molecular formula is C25H27N5O3S. The maximum absolute atomic E-state index is 13.7. The Balaban J connectivity index is 1.55. The Morgan fingerprint density at radius 2 is 1.94 bits per heavy atom. The molecule has 4 aromatic rings. The highest BCUT2D eigenvalue weighted by Crippen LogP contribution is 2.25. The van der Waals surface area contributed by atoms with Crippen LogP contribution in [0.5, 0.6) is 5.75 Å². The lowest BCUT2D eigenvalue weighted by molar-refractivity contribution is -0.131. The average molecular weight is 478 g/mol. The summed E-state index contributed by atoms with van der Waals surface area (Å²) in [5.74, 6) is 0.793. The number of hydrogen-bond donors (Lipinski definition) is 0. The molecule has 4 heterocycles. The van der Waals surface area contributed by atoms with Crippen LogP contribution >= 0.6 is 11.3 Å². The first kappa shape index (κ1) is 22.3. The average Bonchev–Trinajstić information content (AvgIpc) is 3.42. The van der Waals surface area contributed by atoms with Crippen molar-refractivity contribution in [1.82, 2.24) is 24.1 Å². The van der Waals surface area contributed by atoms with Gasteiger partial charge in [0.1, 0.15) is 11.4 Å². The highest BCUT2D eigenvalue weighted by Gasteiger charge is 2.22. The molecule has 176 valence electrons. The number of carbonyl (C=O) groups excluding carboxylic acids is 1. The Bertz CT molecular complexity index is 1430. The number of rotatable bonds is 5. The van der Waals surface area contributed by atoms with Gasteiger partial charge in [-0.3, -0.25) is 14.0 Å². The zero-order valence-corrected chi connectivity index (χ0v) is 20.4. The summed E-state index contributed by atoms with van der Waals surface area (Å²) < 4.78 is 8.71. The number of methoxy groups -OCH3 is 1. The quantitative estimate of drug-likeness (QED) is 0.437. The predicted octanol–water partition coefficient (Wildman–Crippen LogP) is 3.79. The number of fused-ring (bicyclic) bond motifs is 1.